The van der Waals surface area contributed by atoms with Gasteiger partial charge in [0.25, 0.3) is 0 Å². The molecule has 26 heavy (non-hydrogen) atoms. The van der Waals surface area contributed by atoms with Crippen LogP contribution in [0.15, 0.2) is 96.1 Å². The van der Waals surface area contributed by atoms with Crippen LogP contribution in [0.25, 0.3) is 5.70 Å². The molecule has 2 atom stereocenters. The van der Waals surface area contributed by atoms with E-state index in [1.807, 2.05) is 6.21 Å². The van der Waals surface area contributed by atoms with Crippen molar-refractivity contribution in [1.29, 1.82) is 0 Å². The van der Waals surface area contributed by atoms with E-state index >= 15 is 0 Å². The highest BCUT2D eigenvalue weighted by atomic mass is 15.5. The van der Waals surface area contributed by atoms with Crippen molar-refractivity contribution in [3.8, 4) is 0 Å². The van der Waals surface area contributed by atoms with Gasteiger partial charge in [-0.3, -0.25) is 5.01 Å². The molecule has 0 amide bonds. The maximum Gasteiger partial charge on any atom is 0.0964 e. The highest BCUT2D eigenvalue weighted by molar-refractivity contribution is 5.86. The number of hydrazone groups is 1. The number of benzene rings is 3. The minimum atomic E-state index is -0.238. The van der Waals surface area contributed by atoms with Crippen molar-refractivity contribution in [3.63, 3.8) is 0 Å². The lowest BCUT2D eigenvalue weighted by Crippen LogP contribution is -2.42. The summed E-state index contributed by atoms with van der Waals surface area (Å²) in [5.74, 6) is 0.234. The number of fused-ring (bicyclic) bond motifs is 3. The van der Waals surface area contributed by atoms with E-state index in [1.165, 1.54) is 28.0 Å². The van der Waals surface area contributed by atoms with Crippen molar-refractivity contribution < 1.29 is 0 Å². The van der Waals surface area contributed by atoms with Crippen molar-refractivity contribution >= 4 is 11.9 Å². The van der Waals surface area contributed by atoms with Crippen LogP contribution in [0.5, 0.6) is 0 Å². The molecule has 0 fully saturated rings. The molecule has 2 nitrogen and oxygen atoms in total. The molecule has 2 heteroatoms. The predicted molar refractivity (Wildman–Crippen MR) is 107 cm³/mol. The fourth-order valence-corrected chi connectivity index (χ4v) is 4.34. The largest absolute Gasteiger partial charge is 0.254 e. The lowest BCUT2D eigenvalue weighted by molar-refractivity contribution is 0.183. The molecule has 2 aliphatic heterocycles. The molecule has 0 aromatic heterocycles. The van der Waals surface area contributed by atoms with Crippen molar-refractivity contribution in [2.75, 3.05) is 0 Å². The van der Waals surface area contributed by atoms with Crippen LogP contribution >= 0.6 is 0 Å². The third-order valence-electron chi connectivity index (χ3n) is 5.64. The van der Waals surface area contributed by atoms with Crippen molar-refractivity contribution in [3.05, 3.63) is 113 Å². The van der Waals surface area contributed by atoms with E-state index in [-0.39, 0.29) is 11.5 Å². The zero-order valence-electron chi connectivity index (χ0n) is 14.7. The Bertz CT molecular complexity index is 1000. The summed E-state index contributed by atoms with van der Waals surface area (Å²) < 4.78 is 0. The Morgan fingerprint density at radius 1 is 0.808 bits per heavy atom. The molecule has 0 bridgehead atoms. The number of hydrogen-bond donors (Lipinski definition) is 0. The lowest BCUT2D eigenvalue weighted by Gasteiger charge is -2.42. The Balaban J connectivity index is 1.74. The first-order chi connectivity index (χ1) is 12.8. The summed E-state index contributed by atoms with van der Waals surface area (Å²) >= 11 is 0. The first-order valence-electron chi connectivity index (χ1n) is 9.04. The molecule has 2 unspecified atom stereocenters. The summed E-state index contributed by atoms with van der Waals surface area (Å²) in [4.78, 5) is 0. The second-order valence-electron chi connectivity index (χ2n) is 7.10. The topological polar surface area (TPSA) is 15.6 Å². The predicted octanol–water partition coefficient (Wildman–Crippen LogP) is 5.39. The molecular formula is C24H20N2. The smallest absolute Gasteiger partial charge is 0.0964 e. The third-order valence-corrected chi connectivity index (χ3v) is 5.64. The van der Waals surface area contributed by atoms with Gasteiger partial charge < -0.3 is 0 Å². The summed E-state index contributed by atoms with van der Waals surface area (Å²) in [5, 5.41) is 7.09. The average molecular weight is 336 g/mol. The van der Waals surface area contributed by atoms with Crippen LogP contribution in [0.1, 0.15) is 35.1 Å². The van der Waals surface area contributed by atoms with E-state index in [1.54, 1.807) is 0 Å². The lowest BCUT2D eigenvalue weighted by atomic mass is 9.75. The highest BCUT2D eigenvalue weighted by Gasteiger charge is 2.49. The maximum absolute atomic E-state index is 4.88. The molecular weight excluding hydrogens is 316 g/mol. The average Bonchev–Trinajstić information content (AvgIpc) is 3.03. The van der Waals surface area contributed by atoms with Crippen LogP contribution in [0.3, 0.4) is 0 Å². The molecule has 0 saturated heterocycles. The second kappa shape index (κ2) is 5.70. The number of hydrogen-bond acceptors (Lipinski definition) is 2. The van der Waals surface area contributed by atoms with E-state index in [4.69, 9.17) is 5.10 Å². The van der Waals surface area contributed by atoms with Gasteiger partial charge in [0, 0.05) is 11.5 Å². The SMILES string of the molecule is CC12c3ccccc3C=NN1C(c1ccccc1)=CC2c1ccccc1. The quantitative estimate of drug-likeness (QED) is 0.612. The molecule has 3 aromatic carbocycles. The molecule has 0 aliphatic carbocycles. The standard InChI is InChI=1S/C24H20N2/c1-24-21-15-9-8-14-20(21)17-25-26(24)23(19-12-6-3-7-13-19)16-22(24)18-10-4-2-5-11-18/h2-17,22H,1H3. The first-order valence-corrected chi connectivity index (χ1v) is 9.04. The summed E-state index contributed by atoms with van der Waals surface area (Å²) in [6.07, 6.45) is 4.37. The Labute approximate surface area is 154 Å². The van der Waals surface area contributed by atoms with Crippen LogP contribution in [-0.4, -0.2) is 11.2 Å². The van der Waals surface area contributed by atoms with Gasteiger partial charge >= 0.3 is 0 Å². The van der Waals surface area contributed by atoms with Gasteiger partial charge in [0.05, 0.1) is 17.5 Å². The first kappa shape index (κ1) is 15.2. The summed E-state index contributed by atoms with van der Waals surface area (Å²) in [6.45, 7) is 2.31. The molecule has 0 radical (unpaired) electrons. The van der Waals surface area contributed by atoms with Crippen LogP contribution in [0, 0.1) is 0 Å². The van der Waals surface area contributed by atoms with E-state index in [2.05, 4.69) is 103 Å². The highest BCUT2D eigenvalue weighted by Crippen LogP contribution is 2.54. The van der Waals surface area contributed by atoms with Gasteiger partial charge in [0.1, 0.15) is 0 Å². The molecule has 3 aromatic rings. The van der Waals surface area contributed by atoms with Gasteiger partial charge in [-0.15, -0.1) is 0 Å². The van der Waals surface area contributed by atoms with E-state index in [0.29, 0.717) is 0 Å². The van der Waals surface area contributed by atoms with Gasteiger partial charge in [0.15, 0.2) is 0 Å². The van der Waals surface area contributed by atoms with Gasteiger partial charge in [-0.1, -0.05) is 84.9 Å². The number of rotatable bonds is 2. The van der Waals surface area contributed by atoms with Crippen LogP contribution in [-0.2, 0) is 5.54 Å². The number of nitrogens with zero attached hydrogens (tertiary/aromatic N) is 2. The summed E-state index contributed by atoms with van der Waals surface area (Å²) in [6, 6.07) is 29.9. The van der Waals surface area contributed by atoms with Gasteiger partial charge in [-0.05, 0) is 29.7 Å². The van der Waals surface area contributed by atoms with Crippen molar-refractivity contribution in [2.45, 2.75) is 18.4 Å². The van der Waals surface area contributed by atoms with Crippen LogP contribution in [0.4, 0.5) is 0 Å². The van der Waals surface area contributed by atoms with Crippen LogP contribution < -0.4 is 0 Å². The van der Waals surface area contributed by atoms with E-state index < -0.39 is 0 Å². The molecule has 0 spiro atoms. The Morgan fingerprint density at radius 3 is 2.23 bits per heavy atom. The van der Waals surface area contributed by atoms with Gasteiger partial charge in [0.2, 0.25) is 0 Å². The maximum atomic E-state index is 4.88. The zero-order chi connectivity index (χ0) is 17.6. The normalized spacial score (nSPS) is 23.3. The monoisotopic (exact) mass is 336 g/mol. The van der Waals surface area contributed by atoms with E-state index in [9.17, 15) is 0 Å². The molecule has 2 aliphatic rings. The zero-order valence-corrected chi connectivity index (χ0v) is 14.7. The second-order valence-corrected chi connectivity index (χ2v) is 7.10. The van der Waals surface area contributed by atoms with Crippen LogP contribution in [0.2, 0.25) is 0 Å². The molecule has 5 rings (SSSR count). The Kier molecular flexibility index (Phi) is 3.32. The minimum Gasteiger partial charge on any atom is -0.254 e. The molecule has 2 heterocycles. The minimum absolute atomic E-state index is 0.234. The fraction of sp³-hybridized carbons (Fsp3) is 0.125. The van der Waals surface area contributed by atoms with Crippen molar-refractivity contribution in [1.82, 2.24) is 5.01 Å². The Hall–Kier alpha value is -3.13. The van der Waals surface area contributed by atoms with Gasteiger partial charge in [-0.2, -0.15) is 5.10 Å². The Morgan fingerprint density at radius 2 is 1.46 bits per heavy atom. The summed E-state index contributed by atoms with van der Waals surface area (Å²) in [7, 11) is 0. The fourth-order valence-electron chi connectivity index (χ4n) is 4.34. The molecule has 126 valence electrons. The van der Waals surface area contributed by atoms with Crippen molar-refractivity contribution in [2.24, 2.45) is 5.10 Å². The third kappa shape index (κ3) is 2.08. The van der Waals surface area contributed by atoms with E-state index in [0.717, 1.165) is 0 Å². The molecule has 0 saturated carbocycles. The summed E-state index contributed by atoms with van der Waals surface area (Å²) in [5.41, 5.74) is 5.98. The van der Waals surface area contributed by atoms with Gasteiger partial charge in [-0.25, -0.2) is 0 Å². The molecule has 0 N–H and O–H groups in total.